The van der Waals surface area contributed by atoms with Gasteiger partial charge in [0.15, 0.2) is 0 Å². The van der Waals surface area contributed by atoms with Crippen molar-refractivity contribution in [3.05, 3.63) is 80.6 Å². The van der Waals surface area contributed by atoms with E-state index in [0.29, 0.717) is 52.6 Å². The number of halogens is 3. The summed E-state index contributed by atoms with van der Waals surface area (Å²) >= 11 is 18.0. The Labute approximate surface area is 184 Å². The first-order chi connectivity index (χ1) is 13.9. The van der Waals surface area contributed by atoms with E-state index in [1.807, 2.05) is 24.3 Å². The summed E-state index contributed by atoms with van der Waals surface area (Å²) in [6, 6.07) is 14.5. The monoisotopic (exact) mass is 451 g/mol. The number of hydrogen-bond donors (Lipinski definition) is 1. The highest BCUT2D eigenvalue weighted by Crippen LogP contribution is 2.24. The van der Waals surface area contributed by atoms with E-state index in [2.05, 4.69) is 10.4 Å². The minimum Gasteiger partial charge on any atom is -0.489 e. The van der Waals surface area contributed by atoms with Crippen LogP contribution in [0.2, 0.25) is 15.2 Å². The molecule has 1 N–H and O–H groups in total. The number of carbonyl (C=O) groups excluding carboxylic acids is 1. The van der Waals surface area contributed by atoms with Crippen molar-refractivity contribution in [1.29, 1.82) is 0 Å². The summed E-state index contributed by atoms with van der Waals surface area (Å²) in [6.07, 6.45) is 0.690. The standard InChI is InChI=1S/C21H20Cl3N3O2/c1-14-19(23)20(24)27(26-14)12-2-11-25-21(28)16-5-3-15(4-6-16)13-29-18-9-7-17(22)8-10-18/h3-10H,2,11-13H2,1H3,(H,25,28). The van der Waals surface area contributed by atoms with Gasteiger partial charge in [0.25, 0.3) is 5.91 Å². The maximum atomic E-state index is 12.3. The van der Waals surface area contributed by atoms with Crippen molar-refractivity contribution >= 4 is 40.7 Å². The van der Waals surface area contributed by atoms with Gasteiger partial charge in [-0.25, -0.2) is 0 Å². The molecule has 2 aromatic carbocycles. The second-order valence-electron chi connectivity index (χ2n) is 6.46. The topological polar surface area (TPSA) is 56.2 Å². The van der Waals surface area contributed by atoms with Crippen molar-refractivity contribution in [2.45, 2.75) is 26.5 Å². The molecular weight excluding hydrogens is 433 g/mol. The van der Waals surface area contributed by atoms with E-state index in [1.165, 1.54) is 0 Å². The predicted octanol–water partition coefficient (Wildman–Crippen LogP) is 5.55. The van der Waals surface area contributed by atoms with E-state index in [0.717, 1.165) is 11.3 Å². The largest absolute Gasteiger partial charge is 0.489 e. The summed E-state index contributed by atoms with van der Waals surface area (Å²) in [7, 11) is 0. The molecular formula is C21H20Cl3N3O2. The van der Waals surface area contributed by atoms with Gasteiger partial charge in [-0.05, 0) is 55.3 Å². The van der Waals surface area contributed by atoms with E-state index in [1.54, 1.807) is 35.9 Å². The molecule has 1 amide bonds. The normalized spacial score (nSPS) is 10.8. The maximum absolute atomic E-state index is 12.3. The number of nitrogens with one attached hydrogen (secondary N) is 1. The molecule has 29 heavy (non-hydrogen) atoms. The van der Waals surface area contributed by atoms with E-state index in [-0.39, 0.29) is 5.91 Å². The van der Waals surface area contributed by atoms with E-state index in [9.17, 15) is 4.79 Å². The molecule has 0 saturated carbocycles. The molecule has 3 aromatic rings. The first-order valence-electron chi connectivity index (χ1n) is 9.08. The van der Waals surface area contributed by atoms with Gasteiger partial charge in [0, 0.05) is 23.7 Å². The number of amides is 1. The molecule has 0 aliphatic carbocycles. The third-order valence-electron chi connectivity index (χ3n) is 4.26. The Kier molecular flexibility index (Phi) is 7.42. The number of carbonyl (C=O) groups is 1. The van der Waals surface area contributed by atoms with E-state index in [4.69, 9.17) is 39.5 Å². The zero-order valence-corrected chi connectivity index (χ0v) is 18.1. The van der Waals surface area contributed by atoms with Crippen molar-refractivity contribution in [3.63, 3.8) is 0 Å². The maximum Gasteiger partial charge on any atom is 0.251 e. The minimum atomic E-state index is -0.129. The lowest BCUT2D eigenvalue weighted by atomic mass is 10.1. The Hall–Kier alpha value is -2.21. The molecule has 0 bridgehead atoms. The van der Waals surface area contributed by atoms with Crippen molar-refractivity contribution in [2.75, 3.05) is 6.54 Å². The van der Waals surface area contributed by atoms with Gasteiger partial charge < -0.3 is 10.1 Å². The molecule has 0 atom stereocenters. The average molecular weight is 453 g/mol. The zero-order valence-electron chi connectivity index (χ0n) is 15.8. The Balaban J connectivity index is 1.43. The van der Waals surface area contributed by atoms with Crippen molar-refractivity contribution < 1.29 is 9.53 Å². The average Bonchev–Trinajstić information content (AvgIpc) is 2.97. The number of ether oxygens (including phenoxy) is 1. The molecule has 0 aliphatic heterocycles. The van der Waals surface area contributed by atoms with E-state index < -0.39 is 0 Å². The van der Waals surface area contributed by atoms with Gasteiger partial charge in [-0.1, -0.05) is 46.9 Å². The van der Waals surface area contributed by atoms with Crippen LogP contribution in [0, 0.1) is 6.92 Å². The summed E-state index contributed by atoms with van der Waals surface area (Å²) in [6.45, 7) is 3.30. The molecule has 0 aliphatic rings. The summed E-state index contributed by atoms with van der Waals surface area (Å²) in [5.41, 5.74) is 2.26. The highest BCUT2D eigenvalue weighted by Gasteiger charge is 2.11. The number of benzene rings is 2. The highest BCUT2D eigenvalue weighted by atomic mass is 35.5. The van der Waals surface area contributed by atoms with Gasteiger partial charge in [-0.15, -0.1) is 0 Å². The van der Waals surface area contributed by atoms with Gasteiger partial charge in [-0.3, -0.25) is 9.48 Å². The molecule has 0 radical (unpaired) electrons. The molecule has 0 saturated heterocycles. The lowest BCUT2D eigenvalue weighted by molar-refractivity contribution is 0.0952. The van der Waals surface area contributed by atoms with Crippen LogP contribution in [0.1, 0.15) is 28.0 Å². The van der Waals surface area contributed by atoms with Crippen LogP contribution in [0.4, 0.5) is 0 Å². The first kappa shape index (κ1) is 21.5. The smallest absolute Gasteiger partial charge is 0.251 e. The molecule has 0 unspecified atom stereocenters. The predicted molar refractivity (Wildman–Crippen MR) is 116 cm³/mol. The minimum absolute atomic E-state index is 0.129. The van der Waals surface area contributed by atoms with Crippen LogP contribution in [0.15, 0.2) is 48.5 Å². The quantitative estimate of drug-likeness (QED) is 0.456. The zero-order chi connectivity index (χ0) is 20.8. The fourth-order valence-corrected chi connectivity index (χ4v) is 3.18. The fraction of sp³-hybridized carbons (Fsp3) is 0.238. The number of aryl methyl sites for hydroxylation is 2. The van der Waals surface area contributed by atoms with Gasteiger partial charge in [0.2, 0.25) is 0 Å². The van der Waals surface area contributed by atoms with E-state index >= 15 is 0 Å². The number of rotatable bonds is 8. The number of hydrogen-bond acceptors (Lipinski definition) is 3. The Bertz CT molecular complexity index is 970. The fourth-order valence-electron chi connectivity index (χ4n) is 2.66. The van der Waals surface area contributed by atoms with Crippen LogP contribution < -0.4 is 10.1 Å². The Morgan fingerprint density at radius 2 is 1.76 bits per heavy atom. The lowest BCUT2D eigenvalue weighted by Crippen LogP contribution is -2.25. The van der Waals surface area contributed by atoms with Crippen LogP contribution in [0.5, 0.6) is 5.75 Å². The van der Waals surface area contributed by atoms with Gasteiger partial charge in [0.05, 0.1) is 5.69 Å². The molecule has 5 nitrogen and oxygen atoms in total. The van der Waals surface area contributed by atoms with Crippen LogP contribution in [0.25, 0.3) is 0 Å². The number of nitrogens with zero attached hydrogens (tertiary/aromatic N) is 2. The molecule has 0 fully saturated rings. The van der Waals surface area contributed by atoms with Crippen molar-refractivity contribution in [1.82, 2.24) is 15.1 Å². The van der Waals surface area contributed by atoms with Gasteiger partial charge in [0.1, 0.15) is 22.5 Å². The third kappa shape index (κ3) is 5.89. The Morgan fingerprint density at radius 1 is 1.07 bits per heavy atom. The third-order valence-corrected chi connectivity index (χ3v) is 5.45. The van der Waals surface area contributed by atoms with Crippen LogP contribution in [0.3, 0.4) is 0 Å². The van der Waals surface area contributed by atoms with Crippen LogP contribution in [-0.4, -0.2) is 22.2 Å². The molecule has 152 valence electrons. The SMILES string of the molecule is Cc1nn(CCCNC(=O)c2ccc(COc3ccc(Cl)cc3)cc2)c(Cl)c1Cl. The van der Waals surface area contributed by atoms with Gasteiger partial charge in [-0.2, -0.15) is 5.10 Å². The summed E-state index contributed by atoms with van der Waals surface area (Å²) in [4.78, 5) is 12.3. The molecule has 0 spiro atoms. The highest BCUT2D eigenvalue weighted by molar-refractivity contribution is 6.41. The summed E-state index contributed by atoms with van der Waals surface area (Å²) < 4.78 is 7.34. The van der Waals surface area contributed by atoms with Crippen LogP contribution in [-0.2, 0) is 13.2 Å². The molecule has 1 heterocycles. The van der Waals surface area contributed by atoms with Gasteiger partial charge >= 0.3 is 0 Å². The number of aromatic nitrogens is 2. The molecule has 1 aromatic heterocycles. The molecule has 8 heteroatoms. The second kappa shape index (κ2) is 10.0. The van der Waals surface area contributed by atoms with Crippen LogP contribution >= 0.6 is 34.8 Å². The second-order valence-corrected chi connectivity index (χ2v) is 7.63. The first-order valence-corrected chi connectivity index (χ1v) is 10.2. The summed E-state index contributed by atoms with van der Waals surface area (Å²) in [5, 5.41) is 8.71. The van der Waals surface area contributed by atoms with Crippen molar-refractivity contribution in [3.8, 4) is 5.75 Å². The Morgan fingerprint density at radius 3 is 2.38 bits per heavy atom. The summed E-state index contributed by atoms with van der Waals surface area (Å²) in [5.74, 6) is 0.612. The van der Waals surface area contributed by atoms with Crippen molar-refractivity contribution in [2.24, 2.45) is 0 Å². The molecule has 3 rings (SSSR count). The lowest BCUT2D eigenvalue weighted by Gasteiger charge is -2.08.